The summed E-state index contributed by atoms with van der Waals surface area (Å²) in [5.74, 6) is 0. The van der Waals surface area contributed by atoms with Gasteiger partial charge < -0.3 is 13.6 Å². The van der Waals surface area contributed by atoms with Crippen LogP contribution in [-0.4, -0.2) is 29.4 Å². The van der Waals surface area contributed by atoms with Crippen molar-refractivity contribution < 1.29 is 30.7 Å². The van der Waals surface area contributed by atoms with Crippen LogP contribution in [0.2, 0.25) is 6.55 Å². The Labute approximate surface area is 180 Å². The molecule has 0 saturated heterocycles. The SMILES string of the molecule is CO[Si](C)(/C=C/COCc1ccc(-[c-]2cccc2)cc1)OC.[Fe+2].c1cc[cH-]c1. The standard InChI is InChI=1S/C18H23O3Si.C5H5.Fe/c1-19-22(3,20-2)14-6-13-21-15-16-9-11-18(12-10-16)17-7-4-5-8-17;1-2-4-5-3-1;/h4-12,14H,13,15H2,1-3H3;1-5H;/q2*-1;+2/b14-6+;;. The minimum Gasteiger partial charge on any atom is -0.395 e. The predicted octanol–water partition coefficient (Wildman–Crippen LogP) is 5.45. The summed E-state index contributed by atoms with van der Waals surface area (Å²) in [7, 11) is 1.23. The Morgan fingerprint density at radius 1 is 0.964 bits per heavy atom. The Morgan fingerprint density at radius 3 is 2.07 bits per heavy atom. The molecule has 0 aliphatic rings. The predicted molar refractivity (Wildman–Crippen MR) is 114 cm³/mol. The van der Waals surface area contributed by atoms with Gasteiger partial charge in [0, 0.05) is 14.2 Å². The Balaban J connectivity index is 0.000000567. The normalized spacial score (nSPS) is 11.0. The van der Waals surface area contributed by atoms with Crippen LogP contribution in [0.4, 0.5) is 0 Å². The van der Waals surface area contributed by atoms with Gasteiger partial charge in [-0.25, -0.2) is 12.1 Å². The van der Waals surface area contributed by atoms with Gasteiger partial charge in [-0.1, -0.05) is 23.8 Å². The summed E-state index contributed by atoms with van der Waals surface area (Å²) in [6.07, 6.45) is 1.97. The third-order valence-corrected chi connectivity index (χ3v) is 6.68. The van der Waals surface area contributed by atoms with E-state index in [2.05, 4.69) is 48.5 Å². The Kier molecular flexibility index (Phi) is 11.7. The number of ether oxygens (including phenoxy) is 1. The zero-order valence-corrected chi connectivity index (χ0v) is 18.8. The Morgan fingerprint density at radius 2 is 1.57 bits per heavy atom. The van der Waals surface area contributed by atoms with Crippen LogP contribution in [0.15, 0.2) is 90.6 Å². The van der Waals surface area contributed by atoms with E-state index in [-0.39, 0.29) is 17.1 Å². The molecule has 0 amide bonds. The van der Waals surface area contributed by atoms with Gasteiger partial charge in [0.2, 0.25) is 0 Å². The van der Waals surface area contributed by atoms with Crippen LogP contribution in [0.5, 0.6) is 0 Å². The monoisotopic (exact) mass is 436 g/mol. The summed E-state index contributed by atoms with van der Waals surface area (Å²) in [6.45, 7) is 3.15. The molecule has 0 aliphatic heterocycles. The van der Waals surface area contributed by atoms with Gasteiger partial charge in [0.1, 0.15) is 0 Å². The van der Waals surface area contributed by atoms with Crippen LogP contribution >= 0.6 is 0 Å². The van der Waals surface area contributed by atoms with Crippen molar-refractivity contribution in [3.05, 3.63) is 96.2 Å². The molecule has 3 aromatic rings. The molecule has 0 N–H and O–H groups in total. The summed E-state index contributed by atoms with van der Waals surface area (Å²) in [5, 5.41) is 0. The van der Waals surface area contributed by atoms with E-state index < -0.39 is 8.56 Å². The van der Waals surface area contributed by atoms with Crippen LogP contribution in [-0.2, 0) is 37.3 Å². The van der Waals surface area contributed by atoms with Gasteiger partial charge >= 0.3 is 25.6 Å². The molecule has 0 aromatic heterocycles. The first-order chi connectivity index (χ1) is 13.2. The summed E-state index contributed by atoms with van der Waals surface area (Å²) in [4.78, 5) is 0. The molecule has 3 rings (SSSR count). The van der Waals surface area contributed by atoms with Gasteiger partial charge in [-0.15, -0.1) is 29.8 Å². The average Bonchev–Trinajstić information content (AvgIpc) is 3.44. The molecule has 5 heteroatoms. The molecule has 0 fully saturated rings. The van der Waals surface area contributed by atoms with E-state index in [9.17, 15) is 0 Å². The smallest absolute Gasteiger partial charge is 0.395 e. The van der Waals surface area contributed by atoms with E-state index in [0.29, 0.717) is 13.2 Å². The third-order valence-electron chi connectivity index (χ3n) is 4.22. The minimum absolute atomic E-state index is 0. The molecule has 0 aliphatic carbocycles. The van der Waals surface area contributed by atoms with Gasteiger partial charge in [-0.3, -0.25) is 0 Å². The molecule has 0 spiro atoms. The molecule has 0 unspecified atom stereocenters. The number of hydrogen-bond donors (Lipinski definition) is 0. The molecule has 0 saturated carbocycles. The second-order valence-corrected chi connectivity index (χ2v) is 9.36. The first-order valence-corrected chi connectivity index (χ1v) is 11.4. The van der Waals surface area contributed by atoms with Crippen LogP contribution in [0.3, 0.4) is 0 Å². The molecule has 3 aromatic carbocycles. The van der Waals surface area contributed by atoms with Crippen LogP contribution < -0.4 is 0 Å². The zero-order valence-electron chi connectivity index (χ0n) is 16.7. The quantitative estimate of drug-likeness (QED) is 0.267. The van der Waals surface area contributed by atoms with Gasteiger partial charge in [-0.05, 0) is 17.8 Å². The Hall–Kier alpha value is -1.72. The van der Waals surface area contributed by atoms with Crippen molar-refractivity contribution in [2.24, 2.45) is 0 Å². The van der Waals surface area contributed by atoms with Crippen molar-refractivity contribution in [1.82, 2.24) is 0 Å². The van der Waals surface area contributed by atoms with E-state index in [4.69, 9.17) is 13.6 Å². The summed E-state index contributed by atoms with van der Waals surface area (Å²) >= 11 is 0. The molecule has 3 nitrogen and oxygen atoms in total. The summed E-state index contributed by atoms with van der Waals surface area (Å²) < 4.78 is 16.4. The molecule has 0 radical (unpaired) electrons. The fourth-order valence-corrected chi connectivity index (χ4v) is 3.37. The largest absolute Gasteiger partial charge is 2.00 e. The molecule has 0 heterocycles. The maximum Gasteiger partial charge on any atom is 2.00 e. The van der Waals surface area contributed by atoms with E-state index >= 15 is 0 Å². The van der Waals surface area contributed by atoms with Gasteiger partial charge in [0.05, 0.1) is 13.2 Å². The first-order valence-electron chi connectivity index (χ1n) is 9.00. The third kappa shape index (κ3) is 8.53. The van der Waals surface area contributed by atoms with Gasteiger partial charge in [0.15, 0.2) is 0 Å². The maximum absolute atomic E-state index is 5.66. The van der Waals surface area contributed by atoms with E-state index in [0.717, 1.165) is 0 Å². The molecule has 150 valence electrons. The Bertz CT molecular complexity index is 729. The van der Waals surface area contributed by atoms with Crippen LogP contribution in [0, 0.1) is 0 Å². The van der Waals surface area contributed by atoms with E-state index in [1.165, 1.54) is 16.7 Å². The van der Waals surface area contributed by atoms with Crippen LogP contribution in [0.25, 0.3) is 11.1 Å². The second kappa shape index (κ2) is 13.5. The van der Waals surface area contributed by atoms with Crippen molar-refractivity contribution in [3.63, 3.8) is 0 Å². The molecule has 28 heavy (non-hydrogen) atoms. The fourth-order valence-electron chi connectivity index (χ4n) is 2.41. The number of benzene rings is 1. The zero-order chi connectivity index (χ0) is 19.4. The minimum atomic E-state index is -2.13. The van der Waals surface area contributed by atoms with Gasteiger partial charge in [-0.2, -0.15) is 30.3 Å². The second-order valence-electron chi connectivity index (χ2n) is 6.17. The maximum atomic E-state index is 5.66. The fraction of sp³-hybridized carbons (Fsp3) is 0.217. The molecule has 0 bridgehead atoms. The van der Waals surface area contributed by atoms with E-state index in [1.54, 1.807) is 14.2 Å². The number of rotatable bonds is 8. The van der Waals surface area contributed by atoms with E-state index in [1.807, 2.05) is 48.7 Å². The molecule has 0 atom stereocenters. The average molecular weight is 436 g/mol. The topological polar surface area (TPSA) is 27.7 Å². The first kappa shape index (κ1) is 24.3. The van der Waals surface area contributed by atoms with Gasteiger partial charge in [0.25, 0.3) is 0 Å². The van der Waals surface area contributed by atoms with Crippen molar-refractivity contribution >= 4 is 8.56 Å². The van der Waals surface area contributed by atoms with Crippen molar-refractivity contribution in [3.8, 4) is 11.1 Å². The summed E-state index contributed by atoms with van der Waals surface area (Å²) in [5.41, 5.74) is 5.64. The molecular formula is C23H28FeO3Si. The van der Waals surface area contributed by atoms with Crippen LogP contribution in [0.1, 0.15) is 5.56 Å². The summed E-state index contributed by atoms with van der Waals surface area (Å²) in [6, 6.07) is 26.8. The van der Waals surface area contributed by atoms with Crippen molar-refractivity contribution in [2.75, 3.05) is 20.8 Å². The van der Waals surface area contributed by atoms with Crippen molar-refractivity contribution in [2.45, 2.75) is 13.2 Å². The van der Waals surface area contributed by atoms with Crippen molar-refractivity contribution in [1.29, 1.82) is 0 Å². The number of hydrogen-bond acceptors (Lipinski definition) is 3. The molecular weight excluding hydrogens is 408 g/mol.